The van der Waals surface area contributed by atoms with Crippen LogP contribution in [0.3, 0.4) is 0 Å². The average molecular weight is 2170 g/mol. The van der Waals surface area contributed by atoms with Crippen molar-refractivity contribution >= 4 is 17.7 Å². The Morgan fingerprint density at radius 2 is 0.547 bits per heavy atom. The van der Waals surface area contributed by atoms with Crippen molar-refractivity contribution in [2.24, 2.45) is 0 Å². The maximum absolute atomic E-state index is 13.9. The molecule has 9 saturated heterocycles. The van der Waals surface area contributed by atoms with Crippen molar-refractivity contribution in [2.75, 3.05) is 46.2 Å². The number of ether oxygens (including phenoxy) is 18. The third-order valence-corrected chi connectivity index (χ3v) is 30.0. The first kappa shape index (κ1) is 130. The first-order valence-electron chi connectivity index (χ1n) is 55.1. The van der Waals surface area contributed by atoms with E-state index < -0.39 is 346 Å². The normalized spacial score (nSPS) is 40.1. The predicted octanol–water partition coefficient (Wildman–Crippen LogP) is -2.75. The molecule has 48 nitrogen and oxygen atoms in total. The van der Waals surface area contributed by atoms with Crippen LogP contribution < -0.4 is 16.0 Å². The molecule has 876 valence electrons. The van der Waals surface area contributed by atoms with Crippen LogP contribution in [0, 0.1) is 0 Å². The van der Waals surface area contributed by atoms with Crippen molar-refractivity contribution in [1.82, 2.24) is 16.0 Å². The number of aliphatic hydroxyl groups is 24. The fourth-order valence-electron chi connectivity index (χ4n) is 20.8. The van der Waals surface area contributed by atoms with E-state index in [-0.39, 0.29) is 12.3 Å². The largest absolute Gasteiger partial charge is 0.394 e. The Morgan fingerprint density at radius 1 is 0.273 bits per heavy atom. The SMILES string of the molecule is CCCCCCCCCCCCC/C=C/[C@@H](O)[C@H](CO[C@@H]1OC(CO)[C@@H](O[C@@H]2OC(CO)[C@H](O)[C@H](O[C@@H]3OC(CO)[C@@H](O[C@H]4OC(C)[C@@H](O)C(O)[C@@H]4O)[C@H](O[C@@H]4OC(CO)[C@H](O)[C@H](O[C@@H]5OC(CO)[C@@H](O[C@@H]6OC(CO)[C@H](O)[C@H](O)C6O[C@H]6OC(C)[C@@H](O)C(O)[C@@H]6O)[C@H](O[C@H]6OC(C)[C@@H](O)C(O)[C@@H]6O)C5NC(C)=O)C4O)C3NC(C)=O)C2O)[C@H](O)C1O)NC(=O)CCCCCCCCCCCCCCCCCCCCCCCCC. The number of hydrogen-bond donors (Lipinski definition) is 27. The highest BCUT2D eigenvalue weighted by Gasteiger charge is 2.63. The van der Waals surface area contributed by atoms with Gasteiger partial charge in [0.1, 0.15) is 201 Å². The van der Waals surface area contributed by atoms with Crippen molar-refractivity contribution < 1.29 is 222 Å². The van der Waals surface area contributed by atoms with Crippen molar-refractivity contribution in [2.45, 2.75) is 568 Å². The highest BCUT2D eigenvalue weighted by molar-refractivity contribution is 5.76. The molecule has 0 aromatic carbocycles. The van der Waals surface area contributed by atoms with E-state index in [0.717, 1.165) is 78.1 Å². The number of nitrogens with one attached hydrogen (secondary N) is 3. The van der Waals surface area contributed by atoms with Gasteiger partial charge in [-0.2, -0.15) is 0 Å². The first-order chi connectivity index (χ1) is 71.9. The Kier molecular flexibility index (Phi) is 58.2. The molecule has 0 saturated carbocycles. The molecule has 3 amide bonds. The van der Waals surface area contributed by atoms with Gasteiger partial charge in [-0.1, -0.05) is 231 Å². The van der Waals surface area contributed by atoms with Crippen LogP contribution in [0.2, 0.25) is 0 Å². The standard InChI is InChI=1S/C102H183N3O45/c1-8-10-12-14-16-18-20-22-23-24-25-26-27-28-29-30-31-33-35-37-39-41-43-45-66(115)105-58(59(114)44-42-40-38-36-34-32-21-19-17-15-13-11-9-2)52-133-96-83(130)79(126)86(63(49-109)142-96)143-100-84(131)91(73(120)61(47-107)137-100)148-94-67(103-56(6)112)89(87(64(50-110)140-94)144-97-80(127)75(122)69(116)53(3)134-97)147-101-85(132)92(74(121)62(48-108)138-101)149-95-68(104-57(7)113)90(146-98-81(128)76(123)70(117)54(4)135-98)88(65(51-111)141-95)145-102-93(78(125)72(119)60(46-106)139-102)150-99-82(129)77(124)71(118)55(5)136-99/h42,44,53-55,58-65,67-102,106-111,114,116-132H,8-41,43,45-52H2,1-7H3,(H,103,112)(H,104,113)(H,105,115)/b44-42+/t53?,54?,55?,58-,59+,60?,61?,62?,63?,64?,65?,67?,68?,69+,70+,71+,72-,73-,74-,75?,76?,77?,78-,79+,80-,81-,82-,83?,84?,85?,86+,87+,88+,89+,90+,91-,92-,93?,94-,95-,96+,97+,98+,99+,100-,101-,102-/m0/s1. The maximum atomic E-state index is 13.9. The molecule has 47 atom stereocenters. The van der Waals surface area contributed by atoms with Gasteiger partial charge >= 0.3 is 0 Å². The summed E-state index contributed by atoms with van der Waals surface area (Å²) >= 11 is 0. The highest BCUT2D eigenvalue weighted by Crippen LogP contribution is 2.43. The second-order valence-corrected chi connectivity index (χ2v) is 41.9. The zero-order valence-electron chi connectivity index (χ0n) is 88.0. The molecule has 150 heavy (non-hydrogen) atoms. The van der Waals surface area contributed by atoms with E-state index in [1.54, 1.807) is 6.08 Å². The molecule has 48 heteroatoms. The van der Waals surface area contributed by atoms with Gasteiger partial charge in [0.2, 0.25) is 17.7 Å². The summed E-state index contributed by atoms with van der Waals surface area (Å²) in [4.78, 5) is 41.5. The third-order valence-electron chi connectivity index (χ3n) is 30.0. The number of carbonyl (C=O) groups is 3. The Labute approximate surface area is 878 Å². The van der Waals surface area contributed by atoms with Crippen LogP contribution >= 0.6 is 0 Å². The van der Waals surface area contributed by atoms with Crippen molar-refractivity contribution in [1.29, 1.82) is 0 Å². The van der Waals surface area contributed by atoms with Gasteiger partial charge in [0.15, 0.2) is 56.6 Å². The Morgan fingerprint density at radius 3 is 0.907 bits per heavy atom. The van der Waals surface area contributed by atoms with Crippen LogP contribution in [0.5, 0.6) is 0 Å². The summed E-state index contributed by atoms with van der Waals surface area (Å²) in [5.74, 6) is -2.41. The van der Waals surface area contributed by atoms with Crippen LogP contribution in [0.1, 0.15) is 280 Å². The Bertz CT molecular complexity index is 3710. The van der Waals surface area contributed by atoms with Crippen molar-refractivity contribution in [3.05, 3.63) is 12.2 Å². The van der Waals surface area contributed by atoms with Gasteiger partial charge in [-0.3, -0.25) is 14.4 Å². The predicted molar refractivity (Wildman–Crippen MR) is 524 cm³/mol. The number of carbonyl (C=O) groups excluding carboxylic acids is 3. The van der Waals surface area contributed by atoms with Crippen molar-refractivity contribution in [3.8, 4) is 0 Å². The summed E-state index contributed by atoms with van der Waals surface area (Å²) in [6, 6.07) is -5.29. The fourth-order valence-corrected chi connectivity index (χ4v) is 20.8. The lowest BCUT2D eigenvalue weighted by Crippen LogP contribution is -2.72. The zero-order chi connectivity index (χ0) is 110. The summed E-state index contributed by atoms with van der Waals surface area (Å²) in [6.45, 7) is 2.70. The monoisotopic (exact) mass is 2170 g/mol. The summed E-state index contributed by atoms with van der Waals surface area (Å²) in [6.07, 6.45) is -44.3. The van der Waals surface area contributed by atoms with Gasteiger partial charge < -0.3 is 224 Å². The number of hydrogen-bond acceptors (Lipinski definition) is 45. The second kappa shape index (κ2) is 67.3. The molecular weight excluding hydrogens is 1990 g/mol. The Balaban J connectivity index is 0.915. The van der Waals surface area contributed by atoms with Crippen LogP contribution in [0.15, 0.2) is 12.2 Å². The molecule has 27 N–H and O–H groups in total. The number of unbranched alkanes of at least 4 members (excludes halogenated alkanes) is 33. The molecule has 0 aromatic heterocycles. The molecule has 0 aromatic rings. The van der Waals surface area contributed by atoms with E-state index in [2.05, 4.69) is 29.8 Å². The summed E-state index contributed by atoms with van der Waals surface area (Å²) in [7, 11) is 0. The molecule has 9 aliphatic heterocycles. The number of amides is 3. The van der Waals surface area contributed by atoms with Crippen LogP contribution in [0.25, 0.3) is 0 Å². The molecule has 0 spiro atoms. The topological polar surface area (TPSA) is 739 Å². The number of allylic oxidation sites excluding steroid dienone is 1. The average Bonchev–Trinajstić information content (AvgIpc) is 0.753. The van der Waals surface area contributed by atoms with Crippen LogP contribution in [-0.4, -0.2) is 475 Å². The lowest BCUT2D eigenvalue weighted by molar-refractivity contribution is -0.404. The molecular formula is C102H183N3O45. The smallest absolute Gasteiger partial charge is 0.220 e. The van der Waals surface area contributed by atoms with E-state index in [0.29, 0.717) is 12.8 Å². The second-order valence-electron chi connectivity index (χ2n) is 41.9. The van der Waals surface area contributed by atoms with Gasteiger partial charge in [0.05, 0.1) is 76.7 Å². The molecule has 9 heterocycles. The minimum absolute atomic E-state index is 0.129. The van der Waals surface area contributed by atoms with Crippen LogP contribution in [0.4, 0.5) is 0 Å². The van der Waals surface area contributed by atoms with Crippen LogP contribution in [-0.2, 0) is 99.6 Å². The summed E-state index contributed by atoms with van der Waals surface area (Å²) in [5, 5.41) is 283. The summed E-state index contributed by atoms with van der Waals surface area (Å²) in [5.41, 5.74) is 0. The van der Waals surface area contributed by atoms with E-state index in [1.807, 2.05) is 6.08 Å². The molecule has 9 aliphatic rings. The minimum atomic E-state index is -2.56. The lowest BCUT2D eigenvalue weighted by Gasteiger charge is -2.53. The van der Waals surface area contributed by atoms with Gasteiger partial charge in [0, 0.05) is 20.3 Å². The number of rotatable bonds is 66. The zero-order valence-corrected chi connectivity index (χ0v) is 88.0. The fraction of sp³-hybridized carbons (Fsp3) is 0.951. The van der Waals surface area contributed by atoms with E-state index in [4.69, 9.17) is 85.3 Å². The third kappa shape index (κ3) is 37.5. The molecule has 0 aliphatic carbocycles. The maximum Gasteiger partial charge on any atom is 0.220 e. The van der Waals surface area contributed by atoms with E-state index in [9.17, 15) is 137 Å². The quantitative estimate of drug-likeness (QED) is 0.0217. The molecule has 9 fully saturated rings. The van der Waals surface area contributed by atoms with Gasteiger partial charge in [-0.05, 0) is 40.0 Å². The van der Waals surface area contributed by atoms with Gasteiger partial charge in [-0.25, -0.2) is 0 Å². The highest BCUT2D eigenvalue weighted by atomic mass is 16.8. The van der Waals surface area contributed by atoms with Gasteiger partial charge in [-0.15, -0.1) is 0 Å². The summed E-state index contributed by atoms with van der Waals surface area (Å²) < 4.78 is 111. The minimum Gasteiger partial charge on any atom is -0.394 e. The molecule has 18 unspecified atom stereocenters. The van der Waals surface area contributed by atoms with Gasteiger partial charge in [0.25, 0.3) is 0 Å². The van der Waals surface area contributed by atoms with E-state index in [1.165, 1.54) is 168 Å². The number of aliphatic hydroxyl groups excluding tert-OH is 24. The molecule has 0 radical (unpaired) electrons. The molecule has 9 rings (SSSR count). The van der Waals surface area contributed by atoms with E-state index >= 15 is 0 Å². The molecule has 0 bridgehead atoms. The van der Waals surface area contributed by atoms with Crippen molar-refractivity contribution in [3.63, 3.8) is 0 Å². The first-order valence-corrected chi connectivity index (χ1v) is 55.1. The lowest BCUT2D eigenvalue weighted by atomic mass is 9.93. The Hall–Kier alpha value is -3.53.